The van der Waals surface area contributed by atoms with Crippen molar-refractivity contribution in [3.63, 3.8) is 0 Å². The van der Waals surface area contributed by atoms with Gasteiger partial charge >= 0.3 is 0 Å². The number of β-amino-alcohol motifs (C(OH)–C–C–N with tert-alkyl or cyclic N) is 1. The van der Waals surface area contributed by atoms with Crippen LogP contribution in [0, 0.1) is 17.1 Å². The van der Waals surface area contributed by atoms with Crippen LogP contribution in [0.15, 0.2) is 18.2 Å². The first-order valence-electron chi connectivity index (χ1n) is 7.22. The van der Waals surface area contributed by atoms with Gasteiger partial charge in [-0.15, -0.1) is 0 Å². The van der Waals surface area contributed by atoms with Gasteiger partial charge in [0.15, 0.2) is 0 Å². The molecule has 1 fully saturated rings. The number of hydrogen-bond donors (Lipinski definition) is 1. The zero-order valence-corrected chi connectivity index (χ0v) is 12.8. The van der Waals surface area contributed by atoms with Crippen molar-refractivity contribution in [2.24, 2.45) is 0 Å². The highest BCUT2D eigenvalue weighted by Gasteiger charge is 2.36. The fourth-order valence-electron chi connectivity index (χ4n) is 2.73. The lowest BCUT2D eigenvalue weighted by Crippen LogP contribution is -2.50. The van der Waals surface area contributed by atoms with Crippen LogP contribution in [0.25, 0.3) is 0 Å². The van der Waals surface area contributed by atoms with Gasteiger partial charge < -0.3 is 14.9 Å². The number of carbonyl (C=O) groups is 1. The number of hydrogen-bond acceptors (Lipinski definition) is 4. The third-order valence-corrected chi connectivity index (χ3v) is 3.95. The minimum absolute atomic E-state index is 0.0222. The van der Waals surface area contributed by atoms with Crippen LogP contribution in [-0.2, 0) is 4.79 Å². The summed E-state index contributed by atoms with van der Waals surface area (Å²) in [6.07, 6.45) is 1.21. The van der Waals surface area contributed by atoms with Gasteiger partial charge in [0, 0.05) is 27.2 Å². The molecular formula is C16H20FN3O2. The summed E-state index contributed by atoms with van der Waals surface area (Å²) in [6.45, 7) is 0.816. The topological polar surface area (TPSA) is 67.6 Å². The Bertz CT molecular complexity index is 612. The van der Waals surface area contributed by atoms with E-state index in [9.17, 15) is 14.3 Å². The molecule has 1 aliphatic rings. The highest BCUT2D eigenvalue weighted by atomic mass is 19.1. The van der Waals surface area contributed by atoms with Crippen molar-refractivity contribution in [3.8, 4) is 6.07 Å². The van der Waals surface area contributed by atoms with Crippen LogP contribution in [0.1, 0.15) is 24.8 Å². The van der Waals surface area contributed by atoms with Gasteiger partial charge in [-0.2, -0.15) is 5.26 Å². The maximum absolute atomic E-state index is 14.1. The molecule has 1 aliphatic heterocycles. The van der Waals surface area contributed by atoms with E-state index in [4.69, 9.17) is 5.26 Å². The predicted octanol–water partition coefficient (Wildman–Crippen LogP) is 1.51. The van der Waals surface area contributed by atoms with E-state index >= 15 is 0 Å². The molecule has 0 aromatic heterocycles. The van der Waals surface area contributed by atoms with Crippen molar-refractivity contribution in [1.29, 1.82) is 5.26 Å². The second-order valence-electron chi connectivity index (χ2n) is 5.99. The predicted molar refractivity (Wildman–Crippen MR) is 80.8 cm³/mol. The number of amides is 1. The zero-order chi connectivity index (χ0) is 16.3. The Labute approximate surface area is 129 Å². The summed E-state index contributed by atoms with van der Waals surface area (Å²) in [6, 6.07) is 6.18. The van der Waals surface area contributed by atoms with E-state index in [0.29, 0.717) is 25.1 Å². The Morgan fingerprint density at radius 3 is 2.86 bits per heavy atom. The van der Waals surface area contributed by atoms with Crippen LogP contribution in [-0.4, -0.2) is 48.7 Å². The van der Waals surface area contributed by atoms with E-state index in [0.717, 1.165) is 0 Å². The van der Waals surface area contributed by atoms with E-state index in [2.05, 4.69) is 0 Å². The molecule has 1 aromatic rings. The van der Waals surface area contributed by atoms with Crippen LogP contribution in [0.5, 0.6) is 0 Å². The van der Waals surface area contributed by atoms with Crippen molar-refractivity contribution >= 4 is 11.6 Å². The van der Waals surface area contributed by atoms with E-state index in [1.54, 1.807) is 31.1 Å². The molecule has 118 valence electrons. The lowest BCUT2D eigenvalue weighted by molar-refractivity contribution is -0.134. The monoisotopic (exact) mass is 305 g/mol. The first-order valence-corrected chi connectivity index (χ1v) is 7.22. The third kappa shape index (κ3) is 3.55. The number of carbonyl (C=O) groups excluding carboxylic acids is 1. The van der Waals surface area contributed by atoms with Gasteiger partial charge in [0.2, 0.25) is 5.91 Å². The third-order valence-electron chi connectivity index (χ3n) is 3.95. The summed E-state index contributed by atoms with van der Waals surface area (Å²) in [5, 5.41) is 19.4. The Balaban J connectivity index is 2.17. The number of nitriles is 1. The number of anilines is 1. The Kier molecular flexibility index (Phi) is 4.67. The Hall–Kier alpha value is -2.13. The maximum atomic E-state index is 14.1. The molecule has 0 aliphatic carbocycles. The number of benzene rings is 1. The number of halogens is 1. The van der Waals surface area contributed by atoms with Gasteiger partial charge in [0.05, 0.1) is 29.3 Å². The number of rotatable bonds is 3. The summed E-state index contributed by atoms with van der Waals surface area (Å²) in [4.78, 5) is 15.0. The average Bonchev–Trinajstić information content (AvgIpc) is 2.46. The molecule has 6 heteroatoms. The van der Waals surface area contributed by atoms with E-state index < -0.39 is 11.4 Å². The van der Waals surface area contributed by atoms with Crippen molar-refractivity contribution in [2.45, 2.75) is 24.9 Å². The average molecular weight is 305 g/mol. The molecule has 1 atom stereocenters. The summed E-state index contributed by atoms with van der Waals surface area (Å²) < 4.78 is 14.1. The Morgan fingerprint density at radius 1 is 1.55 bits per heavy atom. The molecule has 1 unspecified atom stereocenters. The van der Waals surface area contributed by atoms with Crippen molar-refractivity contribution in [1.82, 2.24) is 4.90 Å². The van der Waals surface area contributed by atoms with Crippen LogP contribution in [0.2, 0.25) is 0 Å². The van der Waals surface area contributed by atoms with Gasteiger partial charge in [-0.3, -0.25) is 4.79 Å². The lowest BCUT2D eigenvalue weighted by Gasteiger charge is -2.40. The number of nitrogens with zero attached hydrogens (tertiary/aromatic N) is 3. The fourth-order valence-corrected chi connectivity index (χ4v) is 2.73. The molecule has 0 bridgehead atoms. The van der Waals surface area contributed by atoms with Crippen LogP contribution >= 0.6 is 0 Å². The summed E-state index contributed by atoms with van der Waals surface area (Å²) in [5.74, 6) is -0.633. The molecule has 1 heterocycles. The standard InChI is InChI=1S/C16H20FN3O2/c1-19(2)15(21)9-16(22)6-3-7-20(11-16)14-5-4-12(10-18)8-13(14)17/h4-5,8,22H,3,6-7,9,11H2,1-2H3. The molecule has 5 nitrogen and oxygen atoms in total. The van der Waals surface area contributed by atoms with Gasteiger partial charge in [0.1, 0.15) is 5.82 Å². The largest absolute Gasteiger partial charge is 0.388 e. The van der Waals surface area contributed by atoms with E-state index in [1.165, 1.54) is 11.0 Å². The van der Waals surface area contributed by atoms with Crippen LogP contribution in [0.3, 0.4) is 0 Å². The normalized spacial score (nSPS) is 21.3. The van der Waals surface area contributed by atoms with Gasteiger partial charge in [-0.1, -0.05) is 0 Å². The molecular weight excluding hydrogens is 285 g/mol. The van der Waals surface area contributed by atoms with Crippen molar-refractivity contribution < 1.29 is 14.3 Å². The van der Waals surface area contributed by atoms with Crippen molar-refractivity contribution in [3.05, 3.63) is 29.6 Å². The minimum Gasteiger partial charge on any atom is -0.388 e. The van der Waals surface area contributed by atoms with Crippen LogP contribution in [0.4, 0.5) is 10.1 Å². The second-order valence-corrected chi connectivity index (χ2v) is 5.99. The van der Waals surface area contributed by atoms with Gasteiger partial charge in [-0.05, 0) is 31.0 Å². The molecule has 1 N–H and O–H groups in total. The number of piperidine rings is 1. The van der Waals surface area contributed by atoms with Crippen molar-refractivity contribution in [2.75, 3.05) is 32.1 Å². The van der Waals surface area contributed by atoms with Gasteiger partial charge in [0.25, 0.3) is 0 Å². The summed E-state index contributed by atoms with van der Waals surface area (Å²) >= 11 is 0. The smallest absolute Gasteiger partial charge is 0.225 e. The molecule has 2 rings (SSSR count). The zero-order valence-electron chi connectivity index (χ0n) is 12.8. The second kappa shape index (κ2) is 6.32. The van der Waals surface area contributed by atoms with E-state index in [-0.39, 0.29) is 24.4 Å². The summed E-state index contributed by atoms with van der Waals surface area (Å²) in [7, 11) is 3.29. The summed E-state index contributed by atoms with van der Waals surface area (Å²) in [5.41, 5.74) is -0.536. The Morgan fingerprint density at radius 2 is 2.27 bits per heavy atom. The van der Waals surface area contributed by atoms with Gasteiger partial charge in [-0.25, -0.2) is 4.39 Å². The molecule has 1 aromatic carbocycles. The van der Waals surface area contributed by atoms with E-state index in [1.807, 2.05) is 6.07 Å². The highest BCUT2D eigenvalue weighted by molar-refractivity contribution is 5.76. The molecule has 1 saturated heterocycles. The molecule has 22 heavy (non-hydrogen) atoms. The minimum atomic E-state index is -1.15. The first kappa shape index (κ1) is 16.2. The molecule has 1 amide bonds. The first-order chi connectivity index (χ1) is 10.3. The molecule has 0 radical (unpaired) electrons. The highest BCUT2D eigenvalue weighted by Crippen LogP contribution is 2.30. The lowest BCUT2D eigenvalue weighted by atomic mass is 9.88. The maximum Gasteiger partial charge on any atom is 0.225 e. The SMILES string of the molecule is CN(C)C(=O)CC1(O)CCCN(c2ccc(C#N)cc2F)C1. The van der Waals surface area contributed by atoms with Crippen LogP contribution < -0.4 is 4.90 Å². The molecule has 0 saturated carbocycles. The molecule has 0 spiro atoms. The quantitative estimate of drug-likeness (QED) is 0.919. The number of aliphatic hydroxyl groups is 1. The fraction of sp³-hybridized carbons (Fsp3) is 0.500.